The van der Waals surface area contributed by atoms with Gasteiger partial charge in [0.25, 0.3) is 0 Å². The molecule has 5 N–H and O–H groups in total. The monoisotopic (exact) mass is 299 g/mol. The smallest absolute Gasteiger partial charge is 0.450 e. The summed E-state index contributed by atoms with van der Waals surface area (Å²) in [7, 11) is -4.64. The molecule has 0 saturated heterocycles. The summed E-state index contributed by atoms with van der Waals surface area (Å²) in [6, 6.07) is 0. The van der Waals surface area contributed by atoms with Gasteiger partial charge >= 0.3 is 14.0 Å². The van der Waals surface area contributed by atoms with Gasteiger partial charge in [0.1, 0.15) is 0 Å². The predicted molar refractivity (Wildman–Crippen MR) is 24.9 cm³/mol. The standard InChI is InChI=1S/CH2O3.La.H3O4P/c2-1(3)4;;1-5(2,3)4/h(H2,2,3,4);;(H3,1,2,3,4). The largest absolute Gasteiger partial charge is 0.503 e. The Bertz CT molecular complexity index is 113. The Hall–Kier alpha value is 0.575. The van der Waals surface area contributed by atoms with Crippen molar-refractivity contribution in [3.8, 4) is 0 Å². The second kappa shape index (κ2) is 7.68. The Labute approximate surface area is 83.5 Å². The van der Waals surface area contributed by atoms with E-state index in [9.17, 15) is 0 Å². The Morgan fingerprint density at radius 1 is 1.10 bits per heavy atom. The first-order valence-corrected chi connectivity index (χ1v) is 3.00. The number of rotatable bonds is 0. The second-order valence-electron chi connectivity index (χ2n) is 0.796. The predicted octanol–water partition coefficient (Wildman–Crippen LogP) is -0.706. The number of carboxylic acid groups (broad SMARTS) is 2. The molecule has 0 amide bonds. The van der Waals surface area contributed by atoms with Gasteiger partial charge in [0.05, 0.1) is 0 Å². The van der Waals surface area contributed by atoms with Crippen molar-refractivity contribution in [2.24, 2.45) is 0 Å². The molecule has 0 unspecified atom stereocenters. The molecule has 0 aromatic rings. The van der Waals surface area contributed by atoms with Gasteiger partial charge in [-0.25, -0.2) is 9.36 Å². The fraction of sp³-hybridized carbons (Fsp3) is 0. The Kier molecular flexibility index (Phi) is 13.0. The van der Waals surface area contributed by atoms with Crippen LogP contribution in [-0.2, 0) is 4.57 Å². The third-order valence-electron chi connectivity index (χ3n) is 0. The summed E-state index contributed by atoms with van der Waals surface area (Å²) in [4.78, 5) is 30.1. The molecule has 0 aromatic carbocycles. The van der Waals surface area contributed by atoms with E-state index in [2.05, 4.69) is 0 Å². The third kappa shape index (κ3) is 1490. The van der Waals surface area contributed by atoms with Crippen molar-refractivity contribution >= 4 is 14.0 Å². The molecule has 0 rings (SSSR count). The maximum Gasteiger partial charge on any atom is 0.503 e. The van der Waals surface area contributed by atoms with Crippen LogP contribution in [0.4, 0.5) is 4.79 Å². The molecule has 59 valence electrons. The van der Waals surface area contributed by atoms with Crippen molar-refractivity contribution in [2.45, 2.75) is 0 Å². The molecule has 1 radical (unpaired) electrons. The second-order valence-corrected chi connectivity index (χ2v) is 1.82. The summed E-state index contributed by atoms with van der Waals surface area (Å²) >= 11 is 0. The van der Waals surface area contributed by atoms with Crippen molar-refractivity contribution in [1.29, 1.82) is 0 Å². The van der Waals surface area contributed by atoms with Crippen LogP contribution in [0.2, 0.25) is 0 Å². The number of phosphoric acid groups is 1. The summed E-state index contributed by atoms with van der Waals surface area (Å²) in [5.41, 5.74) is 0. The van der Waals surface area contributed by atoms with Gasteiger partial charge in [0.15, 0.2) is 0 Å². The van der Waals surface area contributed by atoms with Crippen molar-refractivity contribution < 1.29 is 69.9 Å². The fourth-order valence-electron chi connectivity index (χ4n) is 0. The van der Waals surface area contributed by atoms with Gasteiger partial charge in [-0.2, -0.15) is 0 Å². The normalized spacial score (nSPS) is 8.30. The van der Waals surface area contributed by atoms with Gasteiger partial charge < -0.3 is 24.9 Å². The molecule has 0 aromatic heterocycles. The Balaban J connectivity index is -0.0000000910. The van der Waals surface area contributed by atoms with Crippen molar-refractivity contribution in [2.75, 3.05) is 0 Å². The van der Waals surface area contributed by atoms with E-state index in [1.165, 1.54) is 0 Å². The minimum absolute atomic E-state index is 0. The average Bonchev–Trinajstić information content (AvgIpc) is 1.19. The first-order chi connectivity index (χ1) is 3.73. The summed E-state index contributed by atoms with van der Waals surface area (Å²) in [5.74, 6) is 0. The van der Waals surface area contributed by atoms with E-state index in [1.807, 2.05) is 0 Å². The molecule has 9 heteroatoms. The van der Waals surface area contributed by atoms with E-state index in [0.29, 0.717) is 0 Å². The molecule has 0 fully saturated rings. The first-order valence-electron chi connectivity index (χ1n) is 1.43. The van der Waals surface area contributed by atoms with E-state index >= 15 is 0 Å². The number of carbonyl (C=O) groups is 1. The van der Waals surface area contributed by atoms with E-state index in [1.54, 1.807) is 0 Å². The molecular weight excluding hydrogens is 294 g/mol. The molecule has 0 spiro atoms. The van der Waals surface area contributed by atoms with Crippen LogP contribution in [0, 0.1) is 35.6 Å². The molecule has 0 bridgehead atoms. The Morgan fingerprint density at radius 2 is 1.10 bits per heavy atom. The van der Waals surface area contributed by atoms with E-state index in [0.717, 1.165) is 0 Å². The molecule has 10 heavy (non-hydrogen) atoms. The fourth-order valence-corrected chi connectivity index (χ4v) is 0. The maximum atomic E-state index is 8.88. The van der Waals surface area contributed by atoms with Gasteiger partial charge in [-0.1, -0.05) is 0 Å². The zero-order chi connectivity index (χ0) is 8.08. The van der Waals surface area contributed by atoms with Gasteiger partial charge in [0, 0.05) is 35.6 Å². The van der Waals surface area contributed by atoms with Crippen molar-refractivity contribution in [3.63, 3.8) is 0 Å². The summed E-state index contributed by atoms with van der Waals surface area (Å²) in [5, 5.41) is 13.9. The first kappa shape index (κ1) is 16.9. The molecule has 0 aliphatic rings. The van der Waals surface area contributed by atoms with E-state index < -0.39 is 14.0 Å². The minimum atomic E-state index is -4.64. The minimum Gasteiger partial charge on any atom is -0.450 e. The van der Waals surface area contributed by atoms with Crippen LogP contribution >= 0.6 is 7.82 Å². The zero-order valence-electron chi connectivity index (χ0n) is 4.58. The Morgan fingerprint density at radius 3 is 1.10 bits per heavy atom. The SMILES string of the molecule is O=C(O)O.O=P(O)(O)O.[La]. The molecule has 7 nitrogen and oxygen atoms in total. The summed E-state index contributed by atoms with van der Waals surface area (Å²) < 4.78 is 8.88. The van der Waals surface area contributed by atoms with Gasteiger partial charge in [0.2, 0.25) is 0 Å². The van der Waals surface area contributed by atoms with Crippen molar-refractivity contribution in [3.05, 3.63) is 0 Å². The molecule has 0 atom stereocenters. The van der Waals surface area contributed by atoms with E-state index in [-0.39, 0.29) is 35.6 Å². The topological polar surface area (TPSA) is 135 Å². The van der Waals surface area contributed by atoms with Crippen LogP contribution in [0.25, 0.3) is 0 Å². The molecular formula is CH5LaO7P. The van der Waals surface area contributed by atoms with Crippen molar-refractivity contribution in [1.82, 2.24) is 0 Å². The average molecular weight is 299 g/mol. The van der Waals surface area contributed by atoms with Gasteiger partial charge in [-0.15, -0.1) is 0 Å². The van der Waals surface area contributed by atoms with Crippen LogP contribution in [0.15, 0.2) is 0 Å². The molecule has 0 aliphatic carbocycles. The quantitative estimate of drug-likeness (QED) is 0.373. The van der Waals surface area contributed by atoms with Crippen LogP contribution in [0.1, 0.15) is 0 Å². The third-order valence-corrected chi connectivity index (χ3v) is 0. The zero-order valence-corrected chi connectivity index (χ0v) is 9.10. The summed E-state index contributed by atoms with van der Waals surface area (Å²) in [6.07, 6.45) is -1.83. The summed E-state index contributed by atoms with van der Waals surface area (Å²) in [6.45, 7) is 0. The molecule has 0 saturated carbocycles. The van der Waals surface area contributed by atoms with Gasteiger partial charge in [-0.3, -0.25) is 0 Å². The van der Waals surface area contributed by atoms with Crippen LogP contribution in [-0.4, -0.2) is 31.0 Å². The van der Waals surface area contributed by atoms with Gasteiger partial charge in [-0.05, 0) is 0 Å². The number of hydrogen-bond acceptors (Lipinski definition) is 2. The number of hydrogen-bond donors (Lipinski definition) is 5. The molecule has 0 heterocycles. The molecule has 0 aliphatic heterocycles. The maximum absolute atomic E-state index is 8.88. The van der Waals surface area contributed by atoms with Crippen LogP contribution in [0.5, 0.6) is 0 Å². The van der Waals surface area contributed by atoms with Crippen LogP contribution < -0.4 is 0 Å². The van der Waals surface area contributed by atoms with Crippen LogP contribution in [0.3, 0.4) is 0 Å². The van der Waals surface area contributed by atoms with E-state index in [4.69, 9.17) is 34.3 Å².